The number of nitrogens with one attached hydrogen (secondary N) is 2. The van der Waals surface area contributed by atoms with E-state index in [1.165, 1.54) is 12.8 Å². The highest BCUT2D eigenvalue weighted by atomic mass is 16.1. The van der Waals surface area contributed by atoms with Gasteiger partial charge >= 0.3 is 0 Å². The second-order valence-corrected chi connectivity index (χ2v) is 5.08. The Morgan fingerprint density at radius 2 is 2.21 bits per heavy atom. The molecule has 2 fully saturated rings. The molecule has 6 heteroatoms. The minimum atomic E-state index is 0.118. The topological polar surface area (TPSA) is 70.2 Å². The van der Waals surface area contributed by atoms with E-state index in [9.17, 15) is 4.79 Å². The first-order chi connectivity index (χ1) is 9.26. The van der Waals surface area contributed by atoms with Crippen molar-refractivity contribution in [2.24, 2.45) is 0 Å². The number of rotatable bonds is 3. The van der Waals surface area contributed by atoms with Crippen LogP contribution in [0.3, 0.4) is 0 Å². The van der Waals surface area contributed by atoms with Crippen LogP contribution in [-0.4, -0.2) is 42.6 Å². The molecule has 0 radical (unpaired) electrons. The van der Waals surface area contributed by atoms with Gasteiger partial charge in [0.1, 0.15) is 17.5 Å². The second kappa shape index (κ2) is 5.03. The maximum Gasteiger partial charge on any atom is 0.221 e. The monoisotopic (exact) mass is 261 g/mol. The fourth-order valence-electron chi connectivity index (χ4n) is 2.26. The minimum absolute atomic E-state index is 0.118. The van der Waals surface area contributed by atoms with Gasteiger partial charge in [-0.25, -0.2) is 9.97 Å². The fourth-order valence-corrected chi connectivity index (χ4v) is 2.26. The molecule has 2 heterocycles. The van der Waals surface area contributed by atoms with E-state index >= 15 is 0 Å². The summed E-state index contributed by atoms with van der Waals surface area (Å²) in [6.45, 7) is 2.20. The van der Waals surface area contributed by atoms with Crippen LogP contribution in [-0.2, 0) is 4.79 Å². The molecule has 3 rings (SSSR count). The highest BCUT2D eigenvalue weighted by Crippen LogP contribution is 2.39. The summed E-state index contributed by atoms with van der Waals surface area (Å²) in [6, 6.07) is 1.96. The average Bonchev–Trinajstić information content (AvgIpc) is 3.25. The molecule has 102 valence electrons. The Labute approximate surface area is 112 Å². The zero-order valence-electron chi connectivity index (χ0n) is 11.1. The third-order valence-electron chi connectivity index (χ3n) is 3.57. The summed E-state index contributed by atoms with van der Waals surface area (Å²) in [4.78, 5) is 22.7. The maximum atomic E-state index is 11.4. The van der Waals surface area contributed by atoms with Crippen LogP contribution >= 0.6 is 0 Å². The van der Waals surface area contributed by atoms with Gasteiger partial charge in [0.25, 0.3) is 0 Å². The number of hydrogen-bond acceptors (Lipinski definition) is 5. The standard InChI is InChI=1S/C13H19N5O/c1-14-10-8-11(17-13(16-10)9-2-3-9)18-6-4-12(19)15-5-7-18/h8-9H,2-7H2,1H3,(H,15,19)(H,14,16,17). The van der Waals surface area contributed by atoms with Crippen LogP contribution in [0.15, 0.2) is 6.07 Å². The van der Waals surface area contributed by atoms with E-state index < -0.39 is 0 Å². The first-order valence-electron chi connectivity index (χ1n) is 6.84. The number of hydrogen-bond donors (Lipinski definition) is 2. The van der Waals surface area contributed by atoms with Gasteiger partial charge in [-0.3, -0.25) is 4.79 Å². The second-order valence-electron chi connectivity index (χ2n) is 5.08. The van der Waals surface area contributed by atoms with Gasteiger partial charge in [0.05, 0.1) is 0 Å². The molecule has 2 aliphatic rings. The zero-order chi connectivity index (χ0) is 13.2. The van der Waals surface area contributed by atoms with Crippen molar-refractivity contribution in [3.05, 3.63) is 11.9 Å². The fraction of sp³-hybridized carbons (Fsp3) is 0.615. The lowest BCUT2D eigenvalue weighted by molar-refractivity contribution is -0.120. The van der Waals surface area contributed by atoms with Crippen molar-refractivity contribution in [3.63, 3.8) is 0 Å². The third kappa shape index (κ3) is 2.77. The van der Waals surface area contributed by atoms with Crippen molar-refractivity contribution < 1.29 is 4.79 Å². The van der Waals surface area contributed by atoms with E-state index in [0.29, 0.717) is 18.9 Å². The molecule has 1 saturated carbocycles. The van der Waals surface area contributed by atoms with Gasteiger partial charge in [0.15, 0.2) is 0 Å². The van der Waals surface area contributed by atoms with Gasteiger partial charge in [0.2, 0.25) is 5.91 Å². The van der Waals surface area contributed by atoms with E-state index in [2.05, 4.69) is 25.5 Å². The number of carbonyl (C=O) groups excluding carboxylic acids is 1. The van der Waals surface area contributed by atoms with Crippen LogP contribution in [0.25, 0.3) is 0 Å². The van der Waals surface area contributed by atoms with Crippen LogP contribution in [0.5, 0.6) is 0 Å². The molecule has 0 bridgehead atoms. The number of carbonyl (C=O) groups is 1. The summed E-state index contributed by atoms with van der Waals surface area (Å²) in [5, 5.41) is 5.98. The molecular weight excluding hydrogens is 242 g/mol. The van der Waals surface area contributed by atoms with E-state index in [1.54, 1.807) is 0 Å². The maximum absolute atomic E-state index is 11.4. The van der Waals surface area contributed by atoms with Crippen molar-refractivity contribution in [2.45, 2.75) is 25.2 Å². The van der Waals surface area contributed by atoms with Crippen molar-refractivity contribution in [1.29, 1.82) is 0 Å². The summed E-state index contributed by atoms with van der Waals surface area (Å²) in [5.74, 6) is 3.37. The van der Waals surface area contributed by atoms with Crippen LogP contribution in [0.1, 0.15) is 31.0 Å². The molecule has 0 aromatic carbocycles. The molecule has 2 N–H and O–H groups in total. The number of anilines is 2. The van der Waals surface area contributed by atoms with E-state index in [-0.39, 0.29) is 5.91 Å². The minimum Gasteiger partial charge on any atom is -0.373 e. The Bertz CT molecular complexity index is 486. The first kappa shape index (κ1) is 12.2. The molecule has 1 amide bonds. The van der Waals surface area contributed by atoms with E-state index in [0.717, 1.165) is 30.5 Å². The van der Waals surface area contributed by atoms with Crippen molar-refractivity contribution in [3.8, 4) is 0 Å². The Morgan fingerprint density at radius 3 is 2.95 bits per heavy atom. The predicted octanol–water partition coefficient (Wildman–Crippen LogP) is 0.722. The van der Waals surface area contributed by atoms with Gasteiger partial charge < -0.3 is 15.5 Å². The summed E-state index contributed by atoms with van der Waals surface area (Å²) < 4.78 is 0. The molecule has 1 aliphatic heterocycles. The first-order valence-corrected chi connectivity index (χ1v) is 6.84. The summed E-state index contributed by atoms with van der Waals surface area (Å²) >= 11 is 0. The van der Waals surface area contributed by atoms with Crippen LogP contribution in [0, 0.1) is 0 Å². The van der Waals surface area contributed by atoms with Crippen molar-refractivity contribution in [1.82, 2.24) is 15.3 Å². The van der Waals surface area contributed by atoms with E-state index in [4.69, 9.17) is 0 Å². The van der Waals surface area contributed by atoms with E-state index in [1.807, 2.05) is 13.1 Å². The largest absolute Gasteiger partial charge is 0.373 e. The molecule has 1 aromatic rings. The smallest absolute Gasteiger partial charge is 0.221 e. The molecule has 19 heavy (non-hydrogen) atoms. The van der Waals surface area contributed by atoms with Crippen LogP contribution < -0.4 is 15.5 Å². The van der Waals surface area contributed by atoms with Gasteiger partial charge in [-0.1, -0.05) is 0 Å². The van der Waals surface area contributed by atoms with Crippen molar-refractivity contribution >= 4 is 17.5 Å². The predicted molar refractivity (Wildman–Crippen MR) is 73.4 cm³/mol. The molecule has 0 atom stereocenters. The van der Waals surface area contributed by atoms with Gasteiger partial charge in [-0.2, -0.15) is 0 Å². The molecular formula is C13H19N5O. The number of amides is 1. The zero-order valence-corrected chi connectivity index (χ0v) is 11.1. The van der Waals surface area contributed by atoms with Gasteiger partial charge in [-0.05, 0) is 12.8 Å². The van der Waals surface area contributed by atoms with Crippen LogP contribution in [0.2, 0.25) is 0 Å². The summed E-state index contributed by atoms with van der Waals surface area (Å²) in [6.07, 6.45) is 2.90. The average molecular weight is 261 g/mol. The quantitative estimate of drug-likeness (QED) is 0.839. The Kier molecular flexibility index (Phi) is 3.23. The molecule has 6 nitrogen and oxygen atoms in total. The Hall–Kier alpha value is -1.85. The Morgan fingerprint density at radius 1 is 1.37 bits per heavy atom. The molecule has 1 saturated heterocycles. The SMILES string of the molecule is CNc1cc(N2CCNC(=O)CC2)nc(C2CC2)n1. The lowest BCUT2D eigenvalue weighted by Crippen LogP contribution is -2.29. The van der Waals surface area contributed by atoms with Crippen molar-refractivity contribution in [2.75, 3.05) is 36.9 Å². The third-order valence-corrected chi connectivity index (χ3v) is 3.57. The normalized spacial score (nSPS) is 19.8. The van der Waals surface area contributed by atoms with Gasteiger partial charge in [0, 0.05) is 45.1 Å². The highest BCUT2D eigenvalue weighted by molar-refractivity contribution is 5.77. The lowest BCUT2D eigenvalue weighted by atomic mass is 10.3. The van der Waals surface area contributed by atoms with Crippen LogP contribution in [0.4, 0.5) is 11.6 Å². The summed E-state index contributed by atoms with van der Waals surface area (Å²) in [5.41, 5.74) is 0. The van der Waals surface area contributed by atoms with Gasteiger partial charge in [-0.15, -0.1) is 0 Å². The number of nitrogens with zero attached hydrogens (tertiary/aromatic N) is 3. The molecule has 0 unspecified atom stereocenters. The molecule has 1 aromatic heterocycles. The Balaban J connectivity index is 1.85. The lowest BCUT2D eigenvalue weighted by Gasteiger charge is -2.21. The summed E-state index contributed by atoms with van der Waals surface area (Å²) in [7, 11) is 1.87. The molecule has 1 aliphatic carbocycles. The number of aromatic nitrogens is 2. The molecule has 0 spiro atoms. The highest BCUT2D eigenvalue weighted by Gasteiger charge is 2.28.